The first-order chi connectivity index (χ1) is 6.76. The number of halogens is 1. The van der Waals surface area contributed by atoms with Gasteiger partial charge in [-0.05, 0) is 43.6 Å². The van der Waals surface area contributed by atoms with E-state index in [-0.39, 0.29) is 5.82 Å². The van der Waals surface area contributed by atoms with Crippen molar-refractivity contribution in [3.8, 4) is 0 Å². The van der Waals surface area contributed by atoms with Gasteiger partial charge in [0.05, 0.1) is 0 Å². The maximum absolute atomic E-state index is 12.9. The number of hydrogen-bond acceptors (Lipinski definition) is 1. The van der Waals surface area contributed by atoms with Crippen molar-refractivity contribution in [2.75, 3.05) is 13.6 Å². The van der Waals surface area contributed by atoms with Crippen molar-refractivity contribution in [1.82, 2.24) is 5.32 Å². The summed E-state index contributed by atoms with van der Waals surface area (Å²) in [5, 5.41) is 3.16. The molecule has 14 heavy (non-hydrogen) atoms. The summed E-state index contributed by atoms with van der Waals surface area (Å²) < 4.78 is 12.9. The molecule has 0 aliphatic carbocycles. The Morgan fingerprint density at radius 3 is 2.79 bits per heavy atom. The monoisotopic (exact) mass is 195 g/mol. The van der Waals surface area contributed by atoms with Crippen LogP contribution in [0.2, 0.25) is 0 Å². The Labute approximate surface area is 85.3 Å². The van der Waals surface area contributed by atoms with Crippen LogP contribution in [0, 0.1) is 11.7 Å². The molecule has 0 aliphatic rings. The lowest BCUT2D eigenvalue weighted by molar-refractivity contribution is 0.480. The molecule has 0 radical (unpaired) electrons. The van der Waals surface area contributed by atoms with Gasteiger partial charge in [0.25, 0.3) is 0 Å². The van der Waals surface area contributed by atoms with E-state index in [1.54, 1.807) is 12.1 Å². The molecule has 0 aromatic heterocycles. The topological polar surface area (TPSA) is 12.0 Å². The lowest BCUT2D eigenvalue weighted by Crippen LogP contribution is -2.20. The van der Waals surface area contributed by atoms with Gasteiger partial charge in [0.2, 0.25) is 0 Å². The molecule has 0 saturated heterocycles. The number of rotatable bonds is 5. The second-order valence-electron chi connectivity index (χ2n) is 3.67. The van der Waals surface area contributed by atoms with Gasteiger partial charge in [0.15, 0.2) is 0 Å². The fourth-order valence-corrected chi connectivity index (χ4v) is 1.65. The van der Waals surface area contributed by atoms with Crippen molar-refractivity contribution in [3.05, 3.63) is 35.6 Å². The largest absolute Gasteiger partial charge is 0.319 e. The van der Waals surface area contributed by atoms with Crippen LogP contribution in [0.25, 0.3) is 0 Å². The lowest BCUT2D eigenvalue weighted by Gasteiger charge is -2.13. The summed E-state index contributed by atoms with van der Waals surface area (Å²) in [6.45, 7) is 3.16. The third-order valence-corrected chi connectivity index (χ3v) is 2.48. The van der Waals surface area contributed by atoms with Gasteiger partial charge in [-0.25, -0.2) is 4.39 Å². The van der Waals surface area contributed by atoms with Gasteiger partial charge in [-0.3, -0.25) is 0 Å². The van der Waals surface area contributed by atoms with E-state index >= 15 is 0 Å². The normalized spacial score (nSPS) is 12.8. The van der Waals surface area contributed by atoms with Gasteiger partial charge in [-0.2, -0.15) is 0 Å². The van der Waals surface area contributed by atoms with Gasteiger partial charge < -0.3 is 5.32 Å². The molecular weight excluding hydrogens is 177 g/mol. The predicted molar refractivity (Wildman–Crippen MR) is 57.8 cm³/mol. The summed E-state index contributed by atoms with van der Waals surface area (Å²) in [7, 11) is 1.95. The Hall–Kier alpha value is -0.890. The van der Waals surface area contributed by atoms with Crippen molar-refractivity contribution in [2.24, 2.45) is 5.92 Å². The highest BCUT2D eigenvalue weighted by Crippen LogP contribution is 2.12. The van der Waals surface area contributed by atoms with Crippen LogP contribution in [0.5, 0.6) is 0 Å². The molecule has 0 amide bonds. The van der Waals surface area contributed by atoms with Crippen molar-refractivity contribution >= 4 is 0 Å². The molecule has 1 aromatic rings. The van der Waals surface area contributed by atoms with Crippen LogP contribution >= 0.6 is 0 Å². The van der Waals surface area contributed by atoms with E-state index in [2.05, 4.69) is 12.2 Å². The Morgan fingerprint density at radius 2 is 2.21 bits per heavy atom. The zero-order chi connectivity index (χ0) is 10.4. The molecule has 1 nitrogen and oxygen atoms in total. The third kappa shape index (κ3) is 3.46. The standard InChI is InChI=1S/C12H18FN/c1-3-10(9-14-2)7-11-5-4-6-12(13)8-11/h4-6,8,10,14H,3,7,9H2,1-2H3. The number of hydrogen-bond donors (Lipinski definition) is 1. The Bertz CT molecular complexity index is 273. The van der Waals surface area contributed by atoms with E-state index in [0.29, 0.717) is 5.92 Å². The van der Waals surface area contributed by atoms with E-state index in [0.717, 1.165) is 24.9 Å². The molecular formula is C12H18FN. The first kappa shape index (κ1) is 11.2. The van der Waals surface area contributed by atoms with Gasteiger partial charge >= 0.3 is 0 Å². The Balaban J connectivity index is 2.57. The molecule has 0 heterocycles. The minimum atomic E-state index is -0.137. The maximum atomic E-state index is 12.9. The zero-order valence-corrected chi connectivity index (χ0v) is 8.89. The molecule has 0 fully saturated rings. The SMILES string of the molecule is CCC(CNC)Cc1cccc(F)c1. The average Bonchev–Trinajstić information content (AvgIpc) is 2.17. The summed E-state index contributed by atoms with van der Waals surface area (Å²) >= 11 is 0. The highest BCUT2D eigenvalue weighted by Gasteiger charge is 2.06. The first-order valence-corrected chi connectivity index (χ1v) is 5.15. The zero-order valence-electron chi connectivity index (χ0n) is 8.89. The van der Waals surface area contributed by atoms with Gasteiger partial charge in [0, 0.05) is 0 Å². The van der Waals surface area contributed by atoms with Gasteiger partial charge in [0.1, 0.15) is 5.82 Å². The lowest BCUT2D eigenvalue weighted by atomic mass is 9.97. The fraction of sp³-hybridized carbons (Fsp3) is 0.500. The highest BCUT2D eigenvalue weighted by atomic mass is 19.1. The molecule has 0 saturated carbocycles. The van der Waals surface area contributed by atoms with Crippen molar-refractivity contribution in [2.45, 2.75) is 19.8 Å². The van der Waals surface area contributed by atoms with Crippen LogP contribution in [-0.4, -0.2) is 13.6 Å². The number of benzene rings is 1. The Morgan fingerprint density at radius 1 is 1.43 bits per heavy atom. The van der Waals surface area contributed by atoms with E-state index in [4.69, 9.17) is 0 Å². The quantitative estimate of drug-likeness (QED) is 0.761. The summed E-state index contributed by atoms with van der Waals surface area (Å²) in [4.78, 5) is 0. The molecule has 0 aliphatic heterocycles. The van der Waals surface area contributed by atoms with Crippen LogP contribution in [-0.2, 0) is 6.42 Å². The summed E-state index contributed by atoms with van der Waals surface area (Å²) in [5.74, 6) is 0.462. The van der Waals surface area contributed by atoms with Crippen LogP contribution in [0.15, 0.2) is 24.3 Å². The molecule has 1 N–H and O–H groups in total. The van der Waals surface area contributed by atoms with E-state index < -0.39 is 0 Å². The van der Waals surface area contributed by atoms with E-state index in [1.165, 1.54) is 6.07 Å². The van der Waals surface area contributed by atoms with Gasteiger partial charge in [-0.15, -0.1) is 0 Å². The molecule has 78 valence electrons. The molecule has 1 aromatic carbocycles. The summed E-state index contributed by atoms with van der Waals surface area (Å²) in [5.41, 5.74) is 1.09. The highest BCUT2D eigenvalue weighted by molar-refractivity contribution is 5.16. The molecule has 0 spiro atoms. The summed E-state index contributed by atoms with van der Waals surface area (Å²) in [6.07, 6.45) is 2.08. The van der Waals surface area contributed by atoms with Gasteiger partial charge in [-0.1, -0.05) is 25.5 Å². The molecule has 1 unspecified atom stereocenters. The minimum Gasteiger partial charge on any atom is -0.319 e. The van der Waals surface area contributed by atoms with Crippen molar-refractivity contribution < 1.29 is 4.39 Å². The second-order valence-corrected chi connectivity index (χ2v) is 3.67. The average molecular weight is 195 g/mol. The molecule has 1 rings (SSSR count). The minimum absolute atomic E-state index is 0.137. The predicted octanol–water partition coefficient (Wildman–Crippen LogP) is 2.61. The third-order valence-electron chi connectivity index (χ3n) is 2.48. The van der Waals surface area contributed by atoms with E-state index in [1.807, 2.05) is 13.1 Å². The number of nitrogens with one attached hydrogen (secondary N) is 1. The van der Waals surface area contributed by atoms with Crippen molar-refractivity contribution in [1.29, 1.82) is 0 Å². The molecule has 2 heteroatoms. The second kappa shape index (κ2) is 5.76. The maximum Gasteiger partial charge on any atom is 0.123 e. The Kier molecular flexibility index (Phi) is 4.60. The molecule has 0 bridgehead atoms. The van der Waals surface area contributed by atoms with Crippen molar-refractivity contribution in [3.63, 3.8) is 0 Å². The first-order valence-electron chi connectivity index (χ1n) is 5.15. The van der Waals surface area contributed by atoms with E-state index in [9.17, 15) is 4.39 Å². The van der Waals surface area contributed by atoms with Crippen LogP contribution < -0.4 is 5.32 Å². The summed E-state index contributed by atoms with van der Waals surface area (Å²) in [6, 6.07) is 6.87. The smallest absolute Gasteiger partial charge is 0.123 e. The fourth-order valence-electron chi connectivity index (χ4n) is 1.65. The van der Waals surface area contributed by atoms with Crippen LogP contribution in [0.4, 0.5) is 4.39 Å². The van der Waals surface area contributed by atoms with Crippen LogP contribution in [0.3, 0.4) is 0 Å². The molecule has 1 atom stereocenters. The van der Waals surface area contributed by atoms with Crippen LogP contribution in [0.1, 0.15) is 18.9 Å².